The van der Waals surface area contributed by atoms with Gasteiger partial charge in [0.2, 0.25) is 11.8 Å². The van der Waals surface area contributed by atoms with Gasteiger partial charge in [-0.3, -0.25) is 14.4 Å². The summed E-state index contributed by atoms with van der Waals surface area (Å²) in [5.74, 6) is -2.39. The molecule has 3 atom stereocenters. The van der Waals surface area contributed by atoms with E-state index in [9.17, 15) is 19.5 Å². The van der Waals surface area contributed by atoms with Gasteiger partial charge in [-0.2, -0.15) is 0 Å². The average molecular weight is 503 g/mol. The molecule has 180 valence electrons. The van der Waals surface area contributed by atoms with Gasteiger partial charge in [0.1, 0.15) is 5.75 Å². The van der Waals surface area contributed by atoms with Crippen LogP contribution in [0.4, 0.5) is 11.4 Å². The molecule has 0 aromatic heterocycles. The zero-order valence-corrected chi connectivity index (χ0v) is 20.7. The van der Waals surface area contributed by atoms with Gasteiger partial charge in [-0.25, -0.2) is 0 Å². The number of benzene rings is 2. The number of carbonyl (C=O) groups is 3. The molecule has 3 unspecified atom stereocenters. The summed E-state index contributed by atoms with van der Waals surface area (Å²) >= 11 is 7.47. The van der Waals surface area contributed by atoms with Crippen LogP contribution in [0, 0.1) is 18.8 Å². The van der Waals surface area contributed by atoms with E-state index in [4.69, 9.17) is 16.3 Å². The van der Waals surface area contributed by atoms with Gasteiger partial charge in [0.05, 0.1) is 29.9 Å². The zero-order chi connectivity index (χ0) is 24.8. The Hall–Kier alpha value is -2.97. The molecule has 0 saturated heterocycles. The molecule has 2 amide bonds. The number of carboxylic acid groups (broad SMARTS) is 1. The van der Waals surface area contributed by atoms with Gasteiger partial charge in [-0.15, -0.1) is 11.8 Å². The molecule has 7 nitrogen and oxygen atoms in total. The topological polar surface area (TPSA) is 105 Å². The molecule has 0 saturated carbocycles. The highest BCUT2D eigenvalue weighted by atomic mass is 35.5. The number of carbonyl (C=O) groups excluding carboxylic acids is 2. The van der Waals surface area contributed by atoms with Gasteiger partial charge < -0.3 is 20.5 Å². The van der Waals surface area contributed by atoms with Crippen LogP contribution in [0.1, 0.15) is 25.3 Å². The Kier molecular flexibility index (Phi) is 8.63. The maximum absolute atomic E-state index is 12.8. The largest absolute Gasteiger partial charge is 0.495 e. The maximum atomic E-state index is 12.8. The van der Waals surface area contributed by atoms with E-state index >= 15 is 0 Å². The first kappa shape index (κ1) is 25.6. The third-order valence-electron chi connectivity index (χ3n) is 5.61. The Labute approximate surface area is 207 Å². The second-order valence-corrected chi connectivity index (χ2v) is 9.88. The van der Waals surface area contributed by atoms with E-state index in [1.165, 1.54) is 18.9 Å². The first-order valence-electron chi connectivity index (χ1n) is 10.8. The van der Waals surface area contributed by atoms with Gasteiger partial charge in [-0.05, 0) is 56.5 Å². The van der Waals surface area contributed by atoms with E-state index in [-0.39, 0.29) is 11.8 Å². The van der Waals surface area contributed by atoms with Crippen LogP contribution in [0.25, 0.3) is 0 Å². The number of nitrogens with one attached hydrogen (secondary N) is 2. The van der Waals surface area contributed by atoms with Crippen molar-refractivity contribution in [3.63, 3.8) is 0 Å². The molecular formula is C25H27ClN2O5S. The number of methoxy groups -OCH3 is 1. The number of carboxylic acids is 1. The second kappa shape index (κ2) is 11.4. The molecule has 9 heteroatoms. The predicted octanol–water partition coefficient (Wildman–Crippen LogP) is 5.38. The molecule has 0 heterocycles. The average Bonchev–Trinajstić information content (AvgIpc) is 2.81. The number of ether oxygens (including phenoxy) is 1. The maximum Gasteiger partial charge on any atom is 0.307 e. The third kappa shape index (κ3) is 6.33. The molecule has 0 fully saturated rings. The standard InChI is InChI=1S/C25H27ClN2O5S/c1-14-11-21(22(33-3)13-20(14)26)28-23(29)15(2)34-17-8-6-7-16(12-17)27-24(30)18-9-4-5-10-19(18)25(31)32/h4-8,11-13,15,18-19H,9-10H2,1-3H3,(H,27,30)(H,28,29)(H,31,32). The monoisotopic (exact) mass is 502 g/mol. The smallest absolute Gasteiger partial charge is 0.307 e. The number of halogens is 1. The van der Waals surface area contributed by atoms with Crippen molar-refractivity contribution >= 4 is 52.5 Å². The zero-order valence-electron chi connectivity index (χ0n) is 19.1. The highest BCUT2D eigenvalue weighted by Gasteiger charge is 2.34. The lowest BCUT2D eigenvalue weighted by atomic mass is 9.82. The highest BCUT2D eigenvalue weighted by molar-refractivity contribution is 8.00. The molecule has 34 heavy (non-hydrogen) atoms. The van der Waals surface area contributed by atoms with Gasteiger partial charge >= 0.3 is 5.97 Å². The van der Waals surface area contributed by atoms with Crippen molar-refractivity contribution in [1.82, 2.24) is 0 Å². The van der Waals surface area contributed by atoms with Gasteiger partial charge in [0.25, 0.3) is 0 Å². The minimum atomic E-state index is -0.971. The number of rotatable bonds is 8. The van der Waals surface area contributed by atoms with Crippen LogP contribution in [0.5, 0.6) is 5.75 Å². The molecule has 0 spiro atoms. The number of hydrogen-bond donors (Lipinski definition) is 3. The Morgan fingerprint density at radius 3 is 2.50 bits per heavy atom. The summed E-state index contributed by atoms with van der Waals surface area (Å²) in [5, 5.41) is 15.2. The molecule has 0 bridgehead atoms. The van der Waals surface area contributed by atoms with E-state index in [1.54, 1.807) is 43.3 Å². The molecule has 3 N–H and O–H groups in total. The van der Waals surface area contributed by atoms with Crippen LogP contribution >= 0.6 is 23.4 Å². The van der Waals surface area contributed by atoms with E-state index in [0.29, 0.717) is 35.0 Å². The molecule has 1 aliphatic carbocycles. The molecule has 0 radical (unpaired) electrons. The molecule has 3 rings (SSSR count). The first-order chi connectivity index (χ1) is 16.2. The normalized spacial score (nSPS) is 18.1. The summed E-state index contributed by atoms with van der Waals surface area (Å²) in [6, 6.07) is 10.6. The SMILES string of the molecule is COc1cc(Cl)c(C)cc1NC(=O)C(C)Sc1cccc(NC(=O)C2CC=CCC2C(=O)O)c1. The summed E-state index contributed by atoms with van der Waals surface area (Å²) in [5.41, 5.74) is 1.91. The lowest BCUT2D eigenvalue weighted by Crippen LogP contribution is -2.34. The molecular weight excluding hydrogens is 476 g/mol. The van der Waals surface area contributed by atoms with Gasteiger partial charge in [0.15, 0.2) is 0 Å². The van der Waals surface area contributed by atoms with E-state index in [0.717, 1.165) is 10.5 Å². The van der Waals surface area contributed by atoms with Crippen molar-refractivity contribution < 1.29 is 24.2 Å². The van der Waals surface area contributed by atoms with Crippen LogP contribution in [0.2, 0.25) is 5.02 Å². The lowest BCUT2D eigenvalue weighted by Gasteiger charge is -2.24. The molecule has 0 aliphatic heterocycles. The number of thioether (sulfide) groups is 1. The fourth-order valence-corrected chi connectivity index (χ4v) is 4.76. The number of anilines is 2. The molecule has 2 aromatic carbocycles. The summed E-state index contributed by atoms with van der Waals surface area (Å²) in [6.45, 7) is 3.63. The number of hydrogen-bond acceptors (Lipinski definition) is 5. The van der Waals surface area contributed by atoms with Crippen molar-refractivity contribution in [2.75, 3.05) is 17.7 Å². The van der Waals surface area contributed by atoms with Gasteiger partial charge in [-0.1, -0.05) is 29.8 Å². The van der Waals surface area contributed by atoms with Crippen molar-refractivity contribution in [3.8, 4) is 5.75 Å². The summed E-state index contributed by atoms with van der Waals surface area (Å²) < 4.78 is 5.32. The Morgan fingerprint density at radius 2 is 1.82 bits per heavy atom. The number of aliphatic carboxylic acids is 1. The van der Waals surface area contributed by atoms with Crippen molar-refractivity contribution in [2.45, 2.75) is 36.8 Å². The van der Waals surface area contributed by atoms with Crippen molar-refractivity contribution in [3.05, 3.63) is 59.1 Å². The van der Waals surface area contributed by atoms with Crippen LogP contribution < -0.4 is 15.4 Å². The van der Waals surface area contributed by atoms with Crippen LogP contribution in [-0.2, 0) is 14.4 Å². The second-order valence-electron chi connectivity index (χ2n) is 8.06. The van der Waals surface area contributed by atoms with E-state index < -0.39 is 23.1 Å². The first-order valence-corrected chi connectivity index (χ1v) is 12.1. The van der Waals surface area contributed by atoms with Crippen molar-refractivity contribution in [2.24, 2.45) is 11.8 Å². The number of allylic oxidation sites excluding steroid dienone is 2. The number of amides is 2. The number of aryl methyl sites for hydroxylation is 1. The summed E-state index contributed by atoms with van der Waals surface area (Å²) in [6.07, 6.45) is 4.37. The predicted molar refractivity (Wildman–Crippen MR) is 135 cm³/mol. The summed E-state index contributed by atoms with van der Waals surface area (Å²) in [7, 11) is 1.51. The molecule has 1 aliphatic rings. The fraction of sp³-hybridized carbons (Fsp3) is 0.320. The summed E-state index contributed by atoms with van der Waals surface area (Å²) in [4.78, 5) is 37.8. The van der Waals surface area contributed by atoms with Crippen LogP contribution in [0.15, 0.2) is 53.4 Å². The van der Waals surface area contributed by atoms with Crippen LogP contribution in [-0.4, -0.2) is 35.2 Å². The minimum absolute atomic E-state index is 0.210. The minimum Gasteiger partial charge on any atom is -0.495 e. The fourth-order valence-electron chi connectivity index (χ4n) is 3.68. The quantitative estimate of drug-likeness (QED) is 0.330. The van der Waals surface area contributed by atoms with Gasteiger partial charge in [0, 0.05) is 21.7 Å². The Bertz CT molecular complexity index is 1120. The highest BCUT2D eigenvalue weighted by Crippen LogP contribution is 2.33. The van der Waals surface area contributed by atoms with Crippen molar-refractivity contribution in [1.29, 1.82) is 0 Å². The Morgan fingerprint density at radius 1 is 1.12 bits per heavy atom. The lowest BCUT2D eigenvalue weighted by molar-refractivity contribution is -0.146. The van der Waals surface area contributed by atoms with E-state index in [2.05, 4.69) is 10.6 Å². The molecule has 2 aromatic rings. The Balaban J connectivity index is 1.65. The third-order valence-corrected chi connectivity index (χ3v) is 7.11. The van der Waals surface area contributed by atoms with Crippen LogP contribution in [0.3, 0.4) is 0 Å². The van der Waals surface area contributed by atoms with E-state index in [1.807, 2.05) is 19.1 Å².